The van der Waals surface area contributed by atoms with Gasteiger partial charge in [-0.1, -0.05) is 45.0 Å². The van der Waals surface area contributed by atoms with Gasteiger partial charge < -0.3 is 26.4 Å². The maximum Gasteiger partial charge on any atom is 0.246 e. The van der Waals surface area contributed by atoms with Crippen LogP contribution in [-0.4, -0.2) is 64.0 Å². The Morgan fingerprint density at radius 3 is 2.46 bits per heavy atom. The molecule has 0 aliphatic carbocycles. The number of amides is 3. The maximum absolute atomic E-state index is 13.6. The first kappa shape index (κ1) is 28.7. The first-order chi connectivity index (χ1) is 17.4. The highest BCUT2D eigenvalue weighted by Crippen LogP contribution is 2.29. The van der Waals surface area contributed by atoms with E-state index in [1.165, 1.54) is 4.90 Å². The first-order valence-electron chi connectivity index (χ1n) is 12.7. The van der Waals surface area contributed by atoms with Crippen molar-refractivity contribution in [2.75, 3.05) is 13.1 Å². The summed E-state index contributed by atoms with van der Waals surface area (Å²) in [6.45, 7) is 9.87. The lowest BCUT2D eigenvalue weighted by Gasteiger charge is -2.35. The lowest BCUT2D eigenvalue weighted by molar-refractivity contribution is -0.144. The highest BCUT2D eigenvalue weighted by molar-refractivity contribution is 7.13. The summed E-state index contributed by atoms with van der Waals surface area (Å²) >= 11 is 1.58. The smallest absolute Gasteiger partial charge is 0.246 e. The van der Waals surface area contributed by atoms with Crippen molar-refractivity contribution in [3.8, 4) is 10.4 Å². The van der Waals surface area contributed by atoms with Crippen LogP contribution < -0.4 is 16.4 Å². The zero-order valence-corrected chi connectivity index (χ0v) is 23.1. The maximum atomic E-state index is 13.6. The van der Waals surface area contributed by atoms with Crippen molar-refractivity contribution in [3.05, 3.63) is 41.0 Å². The Morgan fingerprint density at radius 1 is 1.22 bits per heavy atom. The van der Waals surface area contributed by atoms with Crippen LogP contribution in [0.2, 0.25) is 0 Å². The number of nitrogens with one attached hydrogen (secondary N) is 2. The van der Waals surface area contributed by atoms with Crippen LogP contribution >= 0.6 is 11.3 Å². The number of β-amino-alcohol motifs (C(OH)–C–C–N with tert-alkyl or cyclic N) is 1. The van der Waals surface area contributed by atoms with Crippen molar-refractivity contribution in [2.24, 2.45) is 11.1 Å². The average molecular weight is 530 g/mol. The number of hydrogen-bond donors (Lipinski definition) is 4. The van der Waals surface area contributed by atoms with Gasteiger partial charge in [0.1, 0.15) is 12.1 Å². The molecule has 5 N–H and O–H groups in total. The van der Waals surface area contributed by atoms with Gasteiger partial charge in [0, 0.05) is 19.4 Å². The standard InChI is InChI=1S/C27H39N5O4S/c1-16(18-8-10-19(11-9-18)23-17(2)29-15-37-23)30-25(35)21-13-20(33)14-32(21)26(36)24(27(3,4)5)31-22(34)7-6-12-28/h8-11,15-16,20-21,24,33H,6-7,12-14,28H2,1-5H3,(H,30,35)(H,31,34)/t16-,20+,21-,24+/m0/s1. The van der Waals surface area contributed by atoms with Gasteiger partial charge in [0.15, 0.2) is 0 Å². The number of hydrogen-bond acceptors (Lipinski definition) is 7. The molecule has 0 bridgehead atoms. The second-order valence-corrected chi connectivity index (χ2v) is 11.6. The number of nitrogens with two attached hydrogens (primary N) is 1. The van der Waals surface area contributed by atoms with E-state index in [1.807, 2.05) is 64.4 Å². The molecule has 0 radical (unpaired) electrons. The van der Waals surface area contributed by atoms with E-state index in [9.17, 15) is 19.5 Å². The molecule has 1 saturated heterocycles. The molecular formula is C27H39N5O4S. The molecule has 3 rings (SSSR count). The van der Waals surface area contributed by atoms with E-state index in [1.54, 1.807) is 11.3 Å². The number of aliphatic hydroxyl groups is 1. The lowest BCUT2D eigenvalue weighted by Crippen LogP contribution is -2.57. The van der Waals surface area contributed by atoms with Crippen LogP contribution in [0.3, 0.4) is 0 Å². The number of nitrogens with zero attached hydrogens (tertiary/aromatic N) is 2. The Kier molecular flexibility index (Phi) is 9.44. The fourth-order valence-corrected chi connectivity index (χ4v) is 5.32. The molecule has 0 unspecified atom stereocenters. The second-order valence-electron chi connectivity index (χ2n) is 10.8. The molecule has 1 aromatic heterocycles. The van der Waals surface area contributed by atoms with E-state index in [-0.39, 0.29) is 43.1 Å². The van der Waals surface area contributed by atoms with Crippen molar-refractivity contribution in [2.45, 2.75) is 78.1 Å². The molecule has 10 heteroatoms. The van der Waals surface area contributed by atoms with Crippen LogP contribution in [0.15, 0.2) is 29.8 Å². The number of carbonyl (C=O) groups excluding carboxylic acids is 3. The van der Waals surface area contributed by atoms with Crippen molar-refractivity contribution in [1.29, 1.82) is 0 Å². The van der Waals surface area contributed by atoms with Crippen LogP contribution in [0.5, 0.6) is 0 Å². The van der Waals surface area contributed by atoms with Gasteiger partial charge in [0.2, 0.25) is 17.7 Å². The number of thiazole rings is 1. The van der Waals surface area contributed by atoms with Gasteiger partial charge in [-0.3, -0.25) is 14.4 Å². The highest BCUT2D eigenvalue weighted by atomic mass is 32.1. The van der Waals surface area contributed by atoms with Crippen molar-refractivity contribution < 1.29 is 19.5 Å². The third kappa shape index (κ3) is 7.15. The Bertz CT molecular complexity index is 1090. The Morgan fingerprint density at radius 2 is 1.89 bits per heavy atom. The van der Waals surface area contributed by atoms with Gasteiger partial charge in [-0.2, -0.15) is 0 Å². The average Bonchev–Trinajstić information content (AvgIpc) is 3.45. The van der Waals surface area contributed by atoms with Crippen LogP contribution in [0.4, 0.5) is 0 Å². The molecule has 1 aromatic carbocycles. The second kappa shape index (κ2) is 12.1. The molecule has 2 aromatic rings. The summed E-state index contributed by atoms with van der Waals surface area (Å²) in [6, 6.07) is 6.00. The third-order valence-corrected chi connectivity index (χ3v) is 7.65. The van der Waals surface area contributed by atoms with Gasteiger partial charge in [-0.15, -0.1) is 11.3 Å². The minimum Gasteiger partial charge on any atom is -0.391 e. The minimum absolute atomic E-state index is 0.0411. The Hall–Kier alpha value is -2.82. The van der Waals surface area contributed by atoms with Crippen LogP contribution in [-0.2, 0) is 14.4 Å². The van der Waals surface area contributed by atoms with E-state index >= 15 is 0 Å². The first-order valence-corrected chi connectivity index (χ1v) is 13.6. The van der Waals surface area contributed by atoms with Crippen LogP contribution in [0.25, 0.3) is 10.4 Å². The summed E-state index contributed by atoms with van der Waals surface area (Å²) in [5.41, 5.74) is 9.71. The third-order valence-electron chi connectivity index (χ3n) is 6.67. The van der Waals surface area contributed by atoms with Gasteiger partial charge in [-0.05, 0) is 43.4 Å². The summed E-state index contributed by atoms with van der Waals surface area (Å²) in [5.74, 6) is -0.964. The Labute approximate surface area is 222 Å². The zero-order chi connectivity index (χ0) is 27.3. The summed E-state index contributed by atoms with van der Waals surface area (Å²) in [4.78, 5) is 46.1. The van der Waals surface area contributed by atoms with Gasteiger partial charge in [0.05, 0.1) is 28.2 Å². The van der Waals surface area contributed by atoms with Crippen molar-refractivity contribution in [1.82, 2.24) is 20.5 Å². The highest BCUT2D eigenvalue weighted by Gasteiger charge is 2.44. The summed E-state index contributed by atoms with van der Waals surface area (Å²) in [7, 11) is 0. The van der Waals surface area contributed by atoms with E-state index in [2.05, 4.69) is 15.6 Å². The van der Waals surface area contributed by atoms with E-state index in [4.69, 9.17) is 5.73 Å². The van der Waals surface area contributed by atoms with Crippen LogP contribution in [0, 0.1) is 12.3 Å². The van der Waals surface area contributed by atoms with Gasteiger partial charge in [0.25, 0.3) is 0 Å². The molecule has 202 valence electrons. The number of benzene rings is 1. The lowest BCUT2D eigenvalue weighted by atomic mass is 9.85. The molecule has 37 heavy (non-hydrogen) atoms. The molecule has 0 saturated carbocycles. The quantitative estimate of drug-likeness (QED) is 0.394. The normalized spacial score (nSPS) is 19.4. The Balaban J connectivity index is 1.71. The summed E-state index contributed by atoms with van der Waals surface area (Å²) in [5, 5.41) is 16.2. The number of aromatic nitrogens is 1. The molecule has 0 spiro atoms. The topological polar surface area (TPSA) is 138 Å². The van der Waals surface area contributed by atoms with Gasteiger partial charge >= 0.3 is 0 Å². The summed E-state index contributed by atoms with van der Waals surface area (Å²) in [6.07, 6.45) is 0.0752. The number of aryl methyl sites for hydroxylation is 1. The van der Waals surface area contributed by atoms with Crippen molar-refractivity contribution in [3.63, 3.8) is 0 Å². The summed E-state index contributed by atoms with van der Waals surface area (Å²) < 4.78 is 0. The SMILES string of the molecule is Cc1ncsc1-c1ccc([C@H](C)NC(=O)[C@@H]2C[C@@H](O)CN2C(=O)[C@@H](NC(=O)CCCN)C(C)(C)C)cc1. The molecule has 9 nitrogen and oxygen atoms in total. The molecule has 1 fully saturated rings. The zero-order valence-electron chi connectivity index (χ0n) is 22.3. The largest absolute Gasteiger partial charge is 0.391 e. The molecule has 1 aliphatic heterocycles. The molecule has 4 atom stereocenters. The molecular weight excluding hydrogens is 490 g/mol. The van der Waals surface area contributed by atoms with E-state index in [0.29, 0.717) is 13.0 Å². The molecule has 3 amide bonds. The van der Waals surface area contributed by atoms with E-state index in [0.717, 1.165) is 21.7 Å². The number of carbonyl (C=O) groups is 3. The number of aliphatic hydroxyl groups excluding tert-OH is 1. The monoisotopic (exact) mass is 529 g/mol. The fourth-order valence-electron chi connectivity index (χ4n) is 4.51. The minimum atomic E-state index is -0.835. The molecule has 2 heterocycles. The van der Waals surface area contributed by atoms with E-state index < -0.39 is 23.6 Å². The van der Waals surface area contributed by atoms with Crippen LogP contribution in [0.1, 0.15) is 64.3 Å². The van der Waals surface area contributed by atoms with Gasteiger partial charge in [-0.25, -0.2) is 4.98 Å². The predicted octanol–water partition coefficient (Wildman–Crippen LogP) is 2.53. The molecule has 1 aliphatic rings. The fraction of sp³-hybridized carbons (Fsp3) is 0.556. The number of likely N-dealkylation sites (tertiary alicyclic amines) is 1. The number of rotatable bonds is 9. The predicted molar refractivity (Wildman–Crippen MR) is 145 cm³/mol. The van der Waals surface area contributed by atoms with Crippen molar-refractivity contribution >= 4 is 29.1 Å².